The third-order valence-corrected chi connectivity index (χ3v) is 5.66. The van der Waals surface area contributed by atoms with Crippen LogP contribution in [0.5, 0.6) is 5.75 Å². The van der Waals surface area contributed by atoms with Crippen molar-refractivity contribution in [3.8, 4) is 5.75 Å². The molecule has 1 aromatic rings. The standard InChI is InChI=1S/C21H31N3O5/c1-14(15-5-8-18(28-2)16(12-15)4-3-9-22)24(17-6-7-17)20(25)19-13-23(21(26)27)10-11-29-19/h5,8,12,14,17,19H,3-4,6-7,9-11,13,22H2,1-2H3,(H,26,27)/t14?,19-/m1/s1. The molecule has 2 aliphatic rings. The lowest BCUT2D eigenvalue weighted by molar-refractivity contribution is -0.151. The van der Waals surface area contributed by atoms with Gasteiger partial charge in [-0.05, 0) is 56.3 Å². The first kappa shape index (κ1) is 21.4. The number of nitrogens with zero attached hydrogens (tertiary/aromatic N) is 2. The Morgan fingerprint density at radius 1 is 1.41 bits per heavy atom. The summed E-state index contributed by atoms with van der Waals surface area (Å²) in [7, 11) is 1.65. The van der Waals surface area contributed by atoms with E-state index in [2.05, 4.69) is 6.07 Å². The lowest BCUT2D eigenvalue weighted by atomic mass is 9.99. The summed E-state index contributed by atoms with van der Waals surface area (Å²) in [5.41, 5.74) is 7.77. The van der Waals surface area contributed by atoms with E-state index in [1.165, 1.54) is 4.90 Å². The molecule has 2 fully saturated rings. The van der Waals surface area contributed by atoms with Crippen molar-refractivity contribution >= 4 is 12.0 Å². The van der Waals surface area contributed by atoms with Gasteiger partial charge < -0.3 is 30.1 Å². The van der Waals surface area contributed by atoms with Crippen molar-refractivity contribution in [1.82, 2.24) is 9.80 Å². The fraction of sp³-hybridized carbons (Fsp3) is 0.619. The lowest BCUT2D eigenvalue weighted by Gasteiger charge is -2.36. The maximum atomic E-state index is 13.3. The molecule has 1 aliphatic carbocycles. The molecule has 1 saturated carbocycles. The van der Waals surface area contributed by atoms with Crippen LogP contribution in [0.15, 0.2) is 18.2 Å². The van der Waals surface area contributed by atoms with E-state index in [-0.39, 0.29) is 31.1 Å². The number of ether oxygens (including phenoxy) is 2. The summed E-state index contributed by atoms with van der Waals surface area (Å²) in [6.45, 7) is 3.23. The summed E-state index contributed by atoms with van der Waals surface area (Å²) in [5.74, 6) is 0.691. The molecule has 1 aliphatic heterocycles. The van der Waals surface area contributed by atoms with Gasteiger partial charge in [-0.25, -0.2) is 4.79 Å². The molecule has 160 valence electrons. The van der Waals surface area contributed by atoms with Crippen LogP contribution in [0, 0.1) is 0 Å². The molecule has 3 N–H and O–H groups in total. The van der Waals surface area contributed by atoms with E-state index < -0.39 is 12.2 Å². The molecular weight excluding hydrogens is 374 g/mol. The highest BCUT2D eigenvalue weighted by molar-refractivity contribution is 5.83. The van der Waals surface area contributed by atoms with Crippen LogP contribution in [0.25, 0.3) is 0 Å². The first-order chi connectivity index (χ1) is 14.0. The predicted octanol–water partition coefficient (Wildman–Crippen LogP) is 2.02. The van der Waals surface area contributed by atoms with Gasteiger partial charge in [-0.1, -0.05) is 12.1 Å². The third kappa shape index (κ3) is 5.00. The van der Waals surface area contributed by atoms with Crippen LogP contribution < -0.4 is 10.5 Å². The molecule has 1 unspecified atom stereocenters. The molecule has 1 aromatic carbocycles. The van der Waals surface area contributed by atoms with E-state index in [0.717, 1.165) is 42.6 Å². The highest BCUT2D eigenvalue weighted by atomic mass is 16.5. The van der Waals surface area contributed by atoms with Gasteiger partial charge in [-0.15, -0.1) is 0 Å². The van der Waals surface area contributed by atoms with Crippen LogP contribution in [0.2, 0.25) is 0 Å². The summed E-state index contributed by atoms with van der Waals surface area (Å²) in [6, 6.07) is 6.06. The minimum absolute atomic E-state index is 0.0778. The number of nitrogens with two attached hydrogens (primary N) is 1. The summed E-state index contributed by atoms with van der Waals surface area (Å²) in [4.78, 5) is 27.7. The maximum Gasteiger partial charge on any atom is 0.407 e. The maximum absolute atomic E-state index is 13.3. The summed E-state index contributed by atoms with van der Waals surface area (Å²) in [5, 5.41) is 9.26. The number of morpholine rings is 1. The number of carboxylic acid groups (broad SMARTS) is 1. The summed E-state index contributed by atoms with van der Waals surface area (Å²) in [6.07, 6.45) is 1.83. The zero-order chi connectivity index (χ0) is 21.0. The first-order valence-electron chi connectivity index (χ1n) is 10.2. The van der Waals surface area contributed by atoms with Crippen LogP contribution in [-0.2, 0) is 16.0 Å². The summed E-state index contributed by atoms with van der Waals surface area (Å²) < 4.78 is 11.1. The molecule has 8 heteroatoms. The van der Waals surface area contributed by atoms with Gasteiger partial charge in [0.1, 0.15) is 5.75 Å². The van der Waals surface area contributed by atoms with E-state index >= 15 is 0 Å². The molecule has 0 bridgehead atoms. The number of benzene rings is 1. The smallest absolute Gasteiger partial charge is 0.407 e. The van der Waals surface area contributed by atoms with Crippen LogP contribution in [-0.4, -0.2) is 72.4 Å². The predicted molar refractivity (Wildman–Crippen MR) is 108 cm³/mol. The number of methoxy groups -OCH3 is 1. The van der Waals surface area contributed by atoms with Crippen LogP contribution in [0.3, 0.4) is 0 Å². The van der Waals surface area contributed by atoms with E-state index in [4.69, 9.17) is 15.2 Å². The van der Waals surface area contributed by atoms with Gasteiger partial charge in [0.25, 0.3) is 5.91 Å². The number of hydrogen-bond acceptors (Lipinski definition) is 5. The first-order valence-corrected chi connectivity index (χ1v) is 10.2. The van der Waals surface area contributed by atoms with Crippen molar-refractivity contribution in [2.75, 3.05) is 33.4 Å². The Balaban J connectivity index is 1.80. The average molecular weight is 405 g/mol. The number of hydrogen-bond donors (Lipinski definition) is 2. The number of carbonyl (C=O) groups is 2. The average Bonchev–Trinajstić information content (AvgIpc) is 3.57. The Morgan fingerprint density at radius 2 is 2.17 bits per heavy atom. The quantitative estimate of drug-likeness (QED) is 0.685. The van der Waals surface area contributed by atoms with Gasteiger partial charge in [0.2, 0.25) is 0 Å². The lowest BCUT2D eigenvalue weighted by Crippen LogP contribution is -2.53. The zero-order valence-electron chi connectivity index (χ0n) is 17.2. The van der Waals surface area contributed by atoms with Crippen molar-refractivity contribution in [2.45, 2.75) is 50.8 Å². The van der Waals surface area contributed by atoms with Crippen molar-refractivity contribution < 1.29 is 24.2 Å². The molecule has 3 rings (SSSR count). The van der Waals surface area contributed by atoms with Gasteiger partial charge in [0, 0.05) is 12.6 Å². The number of carbonyl (C=O) groups excluding carboxylic acids is 1. The Hall–Kier alpha value is -2.32. The molecule has 0 radical (unpaired) electrons. The van der Waals surface area contributed by atoms with Crippen molar-refractivity contribution in [3.63, 3.8) is 0 Å². The number of rotatable bonds is 8. The molecule has 1 heterocycles. The third-order valence-electron chi connectivity index (χ3n) is 5.66. The molecule has 0 spiro atoms. The second-order valence-electron chi connectivity index (χ2n) is 7.70. The minimum Gasteiger partial charge on any atom is -0.496 e. The van der Waals surface area contributed by atoms with Crippen LogP contribution >= 0.6 is 0 Å². The molecule has 1 saturated heterocycles. The Bertz CT molecular complexity index is 737. The Kier molecular flexibility index (Phi) is 6.97. The van der Waals surface area contributed by atoms with E-state index in [1.54, 1.807) is 7.11 Å². The molecule has 0 aromatic heterocycles. The van der Waals surface area contributed by atoms with Crippen molar-refractivity contribution in [2.24, 2.45) is 5.73 Å². The van der Waals surface area contributed by atoms with Gasteiger partial charge in [0.05, 0.1) is 26.3 Å². The van der Waals surface area contributed by atoms with Crippen molar-refractivity contribution in [3.05, 3.63) is 29.3 Å². The van der Waals surface area contributed by atoms with Gasteiger partial charge in [-0.2, -0.15) is 0 Å². The van der Waals surface area contributed by atoms with Gasteiger partial charge in [-0.3, -0.25) is 4.79 Å². The number of amides is 2. The normalized spacial score (nSPS) is 20.2. The Labute approximate surface area is 171 Å². The second kappa shape index (κ2) is 9.45. The highest BCUT2D eigenvalue weighted by Gasteiger charge is 2.41. The van der Waals surface area contributed by atoms with Crippen molar-refractivity contribution in [1.29, 1.82) is 0 Å². The molecule has 2 amide bonds. The van der Waals surface area contributed by atoms with E-state index in [0.29, 0.717) is 13.1 Å². The Morgan fingerprint density at radius 3 is 2.79 bits per heavy atom. The van der Waals surface area contributed by atoms with Crippen LogP contribution in [0.1, 0.15) is 43.4 Å². The van der Waals surface area contributed by atoms with Crippen LogP contribution in [0.4, 0.5) is 4.79 Å². The van der Waals surface area contributed by atoms with E-state index in [1.807, 2.05) is 24.0 Å². The fourth-order valence-electron chi connectivity index (χ4n) is 3.89. The largest absolute Gasteiger partial charge is 0.496 e. The summed E-state index contributed by atoms with van der Waals surface area (Å²) >= 11 is 0. The molecule has 8 nitrogen and oxygen atoms in total. The molecular formula is C21H31N3O5. The number of aryl methyl sites for hydroxylation is 1. The molecule has 2 atom stereocenters. The fourth-order valence-corrected chi connectivity index (χ4v) is 3.89. The second-order valence-corrected chi connectivity index (χ2v) is 7.70. The highest BCUT2D eigenvalue weighted by Crippen LogP contribution is 2.36. The van der Waals surface area contributed by atoms with E-state index in [9.17, 15) is 14.7 Å². The van der Waals surface area contributed by atoms with Gasteiger partial charge >= 0.3 is 6.09 Å². The zero-order valence-corrected chi connectivity index (χ0v) is 17.2. The minimum atomic E-state index is -1.02. The SMILES string of the molecule is COc1ccc(C(C)N(C(=O)[C@H]2CN(C(=O)O)CCO2)C2CC2)cc1CCCN. The van der Waals surface area contributed by atoms with Gasteiger partial charge in [0.15, 0.2) is 6.10 Å². The topological polar surface area (TPSA) is 105 Å². The monoisotopic (exact) mass is 405 g/mol. The molecule has 29 heavy (non-hydrogen) atoms.